The summed E-state index contributed by atoms with van der Waals surface area (Å²) in [7, 11) is 1.81. The quantitative estimate of drug-likeness (QED) is 0.400. The van der Waals surface area contributed by atoms with Gasteiger partial charge in [0.2, 0.25) is 0 Å². The first-order valence-corrected chi connectivity index (χ1v) is 3.78. The van der Waals surface area contributed by atoms with Gasteiger partial charge in [-0.25, -0.2) is 0 Å². The zero-order valence-electron chi connectivity index (χ0n) is 6.81. The van der Waals surface area contributed by atoms with E-state index < -0.39 is 18.3 Å². The molecular formula is C7H15NO3. The minimum Gasteiger partial charge on any atom is -0.389 e. The molecule has 4 atom stereocenters. The molecule has 1 aliphatic rings. The first-order chi connectivity index (χ1) is 5.04. The molecule has 0 aromatic heterocycles. The fourth-order valence-electron chi connectivity index (χ4n) is 1.34. The molecule has 0 aromatic carbocycles. The monoisotopic (exact) mass is 161 g/mol. The summed E-state index contributed by atoms with van der Waals surface area (Å²) < 4.78 is 0. The van der Waals surface area contributed by atoms with Crippen molar-refractivity contribution in [2.75, 3.05) is 13.6 Å². The second-order valence-corrected chi connectivity index (χ2v) is 3.23. The van der Waals surface area contributed by atoms with E-state index >= 15 is 0 Å². The Labute approximate surface area is 66.1 Å². The highest BCUT2D eigenvalue weighted by atomic mass is 16.4. The highest BCUT2D eigenvalue weighted by Gasteiger charge is 2.36. The minimum absolute atomic E-state index is 0.0894. The van der Waals surface area contributed by atoms with Crippen molar-refractivity contribution in [3.05, 3.63) is 0 Å². The predicted molar refractivity (Wildman–Crippen MR) is 40.1 cm³/mol. The second-order valence-electron chi connectivity index (χ2n) is 3.23. The van der Waals surface area contributed by atoms with Crippen molar-refractivity contribution in [2.24, 2.45) is 0 Å². The maximum absolute atomic E-state index is 9.34. The number of hydrogen-bond acceptors (Lipinski definition) is 4. The average Bonchev–Trinajstić information content (AvgIpc) is 1.97. The van der Waals surface area contributed by atoms with E-state index in [2.05, 4.69) is 0 Å². The van der Waals surface area contributed by atoms with Gasteiger partial charge in [0, 0.05) is 12.6 Å². The zero-order chi connectivity index (χ0) is 8.59. The van der Waals surface area contributed by atoms with Crippen LogP contribution in [0.4, 0.5) is 0 Å². The lowest BCUT2D eigenvalue weighted by Crippen LogP contribution is -2.58. The molecule has 1 aliphatic heterocycles. The van der Waals surface area contributed by atoms with Crippen molar-refractivity contribution in [3.8, 4) is 0 Å². The van der Waals surface area contributed by atoms with E-state index in [-0.39, 0.29) is 6.04 Å². The summed E-state index contributed by atoms with van der Waals surface area (Å²) in [6.07, 6.45) is -2.67. The molecule has 3 N–H and O–H groups in total. The number of likely N-dealkylation sites (N-methyl/N-ethyl adjacent to an activating group) is 1. The molecule has 4 heteroatoms. The zero-order valence-corrected chi connectivity index (χ0v) is 6.81. The maximum atomic E-state index is 9.34. The van der Waals surface area contributed by atoms with Gasteiger partial charge in [-0.2, -0.15) is 0 Å². The van der Waals surface area contributed by atoms with Gasteiger partial charge in [0.15, 0.2) is 0 Å². The maximum Gasteiger partial charge on any atom is 0.108 e. The van der Waals surface area contributed by atoms with Crippen molar-refractivity contribution >= 4 is 0 Å². The SMILES string of the molecule is CC1[C@@H](O)[C@@H](O)[C@@H](O)CN1C. The van der Waals surface area contributed by atoms with E-state index in [0.717, 1.165) is 0 Å². The first-order valence-electron chi connectivity index (χ1n) is 3.78. The topological polar surface area (TPSA) is 63.9 Å². The van der Waals surface area contributed by atoms with Crippen LogP contribution in [-0.2, 0) is 0 Å². The largest absolute Gasteiger partial charge is 0.389 e. The molecule has 0 radical (unpaired) electrons. The van der Waals surface area contributed by atoms with Gasteiger partial charge in [-0.05, 0) is 14.0 Å². The lowest BCUT2D eigenvalue weighted by molar-refractivity contribution is -0.127. The first kappa shape index (κ1) is 8.93. The Morgan fingerprint density at radius 1 is 1.18 bits per heavy atom. The molecule has 1 saturated heterocycles. The van der Waals surface area contributed by atoms with Crippen LogP contribution < -0.4 is 0 Å². The van der Waals surface area contributed by atoms with Crippen LogP contribution >= 0.6 is 0 Å². The summed E-state index contributed by atoms with van der Waals surface area (Å²) in [5, 5.41) is 27.7. The molecule has 0 aromatic rings. The number of piperidine rings is 1. The summed E-state index contributed by atoms with van der Waals surface area (Å²) in [4.78, 5) is 1.82. The number of β-amino-alcohol motifs (C(OH)–C–C–N with tert-alkyl or cyclic N) is 1. The van der Waals surface area contributed by atoms with Gasteiger partial charge in [0.25, 0.3) is 0 Å². The van der Waals surface area contributed by atoms with Crippen LogP contribution in [0.2, 0.25) is 0 Å². The average molecular weight is 161 g/mol. The smallest absolute Gasteiger partial charge is 0.108 e. The van der Waals surface area contributed by atoms with Gasteiger partial charge >= 0.3 is 0 Å². The van der Waals surface area contributed by atoms with Gasteiger partial charge in [-0.3, -0.25) is 4.90 Å². The Hall–Kier alpha value is -0.160. The fraction of sp³-hybridized carbons (Fsp3) is 1.00. The van der Waals surface area contributed by atoms with Crippen molar-refractivity contribution < 1.29 is 15.3 Å². The Bertz CT molecular complexity index is 128. The number of likely N-dealkylation sites (tertiary alicyclic amines) is 1. The van der Waals surface area contributed by atoms with E-state index in [4.69, 9.17) is 0 Å². The van der Waals surface area contributed by atoms with Gasteiger partial charge < -0.3 is 15.3 Å². The highest BCUT2D eigenvalue weighted by Crippen LogP contribution is 2.16. The molecule has 0 bridgehead atoms. The Kier molecular flexibility index (Phi) is 2.49. The molecule has 66 valence electrons. The lowest BCUT2D eigenvalue weighted by atomic mass is 9.96. The Morgan fingerprint density at radius 2 is 1.73 bits per heavy atom. The molecule has 1 heterocycles. The third-order valence-electron chi connectivity index (χ3n) is 2.41. The van der Waals surface area contributed by atoms with Crippen LogP contribution in [0.25, 0.3) is 0 Å². The number of rotatable bonds is 0. The number of aliphatic hydroxyl groups is 3. The highest BCUT2D eigenvalue weighted by molar-refractivity contribution is 4.90. The summed E-state index contributed by atoms with van der Waals surface area (Å²) in [5.41, 5.74) is 0. The third-order valence-corrected chi connectivity index (χ3v) is 2.41. The van der Waals surface area contributed by atoms with Crippen molar-refractivity contribution in [3.63, 3.8) is 0 Å². The fourth-order valence-corrected chi connectivity index (χ4v) is 1.34. The molecule has 0 amide bonds. The van der Waals surface area contributed by atoms with Crippen molar-refractivity contribution in [2.45, 2.75) is 31.3 Å². The van der Waals surface area contributed by atoms with Crippen LogP contribution in [0.5, 0.6) is 0 Å². The van der Waals surface area contributed by atoms with Crippen LogP contribution in [0, 0.1) is 0 Å². The van der Waals surface area contributed by atoms with Gasteiger partial charge in [-0.15, -0.1) is 0 Å². The molecule has 0 spiro atoms. The normalized spacial score (nSPS) is 47.7. The van der Waals surface area contributed by atoms with Crippen molar-refractivity contribution in [1.29, 1.82) is 0 Å². The van der Waals surface area contributed by atoms with E-state index in [1.807, 2.05) is 18.9 Å². The molecule has 1 unspecified atom stereocenters. The lowest BCUT2D eigenvalue weighted by Gasteiger charge is -2.40. The van der Waals surface area contributed by atoms with Gasteiger partial charge in [0.1, 0.15) is 6.10 Å². The molecule has 1 fully saturated rings. The van der Waals surface area contributed by atoms with Crippen LogP contribution in [0.15, 0.2) is 0 Å². The summed E-state index contributed by atoms with van der Waals surface area (Å²) in [6, 6.07) is -0.0894. The van der Waals surface area contributed by atoms with Gasteiger partial charge in [-0.1, -0.05) is 0 Å². The molecule has 11 heavy (non-hydrogen) atoms. The minimum atomic E-state index is -0.999. The van der Waals surface area contributed by atoms with Crippen LogP contribution in [0.1, 0.15) is 6.92 Å². The van der Waals surface area contributed by atoms with E-state index in [0.29, 0.717) is 6.54 Å². The number of nitrogens with zero attached hydrogens (tertiary/aromatic N) is 1. The summed E-state index contributed by atoms with van der Waals surface area (Å²) in [6.45, 7) is 2.24. The van der Waals surface area contributed by atoms with E-state index in [1.54, 1.807) is 0 Å². The number of aliphatic hydroxyl groups excluding tert-OH is 3. The predicted octanol–water partition coefficient (Wildman–Crippen LogP) is -1.60. The van der Waals surface area contributed by atoms with Gasteiger partial charge in [0.05, 0.1) is 12.2 Å². The summed E-state index contributed by atoms with van der Waals surface area (Å²) in [5.74, 6) is 0. The molecule has 1 rings (SSSR count). The third kappa shape index (κ3) is 1.54. The molecular weight excluding hydrogens is 146 g/mol. The van der Waals surface area contributed by atoms with E-state index in [1.165, 1.54) is 0 Å². The van der Waals surface area contributed by atoms with Crippen LogP contribution in [-0.4, -0.2) is 58.2 Å². The second kappa shape index (κ2) is 3.06. The van der Waals surface area contributed by atoms with E-state index in [9.17, 15) is 15.3 Å². The Balaban J connectivity index is 2.63. The molecule has 0 aliphatic carbocycles. The van der Waals surface area contributed by atoms with Crippen LogP contribution in [0.3, 0.4) is 0 Å². The Morgan fingerprint density at radius 3 is 2.27 bits per heavy atom. The number of hydrogen-bond donors (Lipinski definition) is 3. The summed E-state index contributed by atoms with van der Waals surface area (Å²) >= 11 is 0. The van der Waals surface area contributed by atoms with Crippen molar-refractivity contribution in [1.82, 2.24) is 4.90 Å². The molecule has 0 saturated carbocycles. The standard InChI is InChI=1S/C7H15NO3/c1-4-6(10)7(11)5(9)3-8(4)2/h4-7,9-11H,3H2,1-2H3/t4?,5-,6+,7-/m0/s1. The molecule has 4 nitrogen and oxygen atoms in total.